The van der Waals surface area contributed by atoms with Crippen LogP contribution in [0.25, 0.3) is 0 Å². The van der Waals surface area contributed by atoms with E-state index in [0.717, 1.165) is 5.56 Å². The summed E-state index contributed by atoms with van der Waals surface area (Å²) in [5, 5.41) is 9.38. The summed E-state index contributed by atoms with van der Waals surface area (Å²) in [6.07, 6.45) is 0.482. The third-order valence-electron chi connectivity index (χ3n) is 3.60. The van der Waals surface area contributed by atoms with Crippen molar-refractivity contribution in [2.45, 2.75) is 26.8 Å². The number of nitrogens with one attached hydrogen (secondary N) is 3. The molecule has 0 unspecified atom stereocenters. The Labute approximate surface area is 159 Å². The largest absolute Gasteiger partial charge is 0.326 e. The minimum atomic E-state index is -0.145. The molecule has 2 aromatic rings. The first-order valence-electron chi connectivity index (χ1n) is 8.58. The van der Waals surface area contributed by atoms with Crippen molar-refractivity contribution in [1.29, 1.82) is 0 Å². The molecule has 2 amide bonds. The molecule has 0 atom stereocenters. The molecule has 138 valence electrons. The van der Waals surface area contributed by atoms with Crippen molar-refractivity contribution < 1.29 is 9.59 Å². The molecular weight excluding hydrogens is 350 g/mol. The highest BCUT2D eigenvalue weighted by molar-refractivity contribution is 6.31. The summed E-state index contributed by atoms with van der Waals surface area (Å²) in [5.74, 6) is 0.154. The maximum atomic E-state index is 12.0. The van der Waals surface area contributed by atoms with Gasteiger partial charge in [0.2, 0.25) is 11.8 Å². The highest BCUT2D eigenvalue weighted by Crippen LogP contribution is 2.15. The summed E-state index contributed by atoms with van der Waals surface area (Å²) in [4.78, 5) is 23.7. The van der Waals surface area contributed by atoms with Crippen molar-refractivity contribution in [1.82, 2.24) is 5.32 Å². The van der Waals surface area contributed by atoms with Gasteiger partial charge in [-0.15, -0.1) is 0 Å². The number of anilines is 2. The number of benzene rings is 2. The number of hydrogen-bond acceptors (Lipinski definition) is 3. The van der Waals surface area contributed by atoms with Crippen LogP contribution < -0.4 is 16.0 Å². The van der Waals surface area contributed by atoms with E-state index in [1.54, 1.807) is 24.3 Å². The molecule has 2 rings (SSSR count). The second-order valence-electron chi connectivity index (χ2n) is 6.47. The number of amides is 2. The van der Waals surface area contributed by atoms with Gasteiger partial charge >= 0.3 is 0 Å². The lowest BCUT2D eigenvalue weighted by Gasteiger charge is -2.10. The highest BCUT2D eigenvalue weighted by Gasteiger charge is 2.06. The molecule has 26 heavy (non-hydrogen) atoms. The molecule has 0 spiro atoms. The molecule has 0 fully saturated rings. The highest BCUT2D eigenvalue weighted by atomic mass is 35.5. The lowest BCUT2D eigenvalue weighted by atomic mass is 10.1. The van der Waals surface area contributed by atoms with Gasteiger partial charge in [0.15, 0.2) is 0 Å². The fourth-order valence-corrected chi connectivity index (χ4v) is 2.58. The maximum Gasteiger partial charge on any atom is 0.238 e. The van der Waals surface area contributed by atoms with Crippen LogP contribution in [0.15, 0.2) is 48.5 Å². The van der Waals surface area contributed by atoms with Crippen molar-refractivity contribution >= 4 is 34.8 Å². The summed E-state index contributed by atoms with van der Waals surface area (Å²) in [6.45, 7) is 4.70. The van der Waals surface area contributed by atoms with Crippen LogP contribution in [0.1, 0.15) is 25.8 Å². The fourth-order valence-electron chi connectivity index (χ4n) is 2.38. The molecule has 6 heteroatoms. The number of carbonyl (C=O) groups excluding carboxylic acids is 2. The normalized spacial score (nSPS) is 10.6. The van der Waals surface area contributed by atoms with Crippen LogP contribution in [0.5, 0.6) is 0 Å². The molecular formula is C20H24ClN3O2. The van der Waals surface area contributed by atoms with Crippen molar-refractivity contribution in [3.63, 3.8) is 0 Å². The lowest BCUT2D eigenvalue weighted by molar-refractivity contribution is -0.117. The maximum absolute atomic E-state index is 12.0. The van der Waals surface area contributed by atoms with Gasteiger partial charge in [0.1, 0.15) is 0 Å². The first kappa shape index (κ1) is 19.9. The first-order chi connectivity index (χ1) is 12.4. The second kappa shape index (κ2) is 9.94. The Morgan fingerprint density at radius 3 is 2.08 bits per heavy atom. The van der Waals surface area contributed by atoms with E-state index in [0.29, 0.717) is 35.3 Å². The molecule has 0 bridgehead atoms. The van der Waals surface area contributed by atoms with Crippen molar-refractivity contribution in [3.05, 3.63) is 59.1 Å². The predicted molar refractivity (Wildman–Crippen MR) is 106 cm³/mol. The quantitative estimate of drug-likeness (QED) is 0.653. The average Bonchev–Trinajstić information content (AvgIpc) is 2.57. The number of hydrogen-bond donors (Lipinski definition) is 3. The molecule has 0 aliphatic heterocycles. The first-order valence-corrected chi connectivity index (χ1v) is 8.95. The van der Waals surface area contributed by atoms with Crippen molar-refractivity contribution in [2.75, 3.05) is 17.2 Å². The molecule has 5 nitrogen and oxygen atoms in total. The summed E-state index contributed by atoms with van der Waals surface area (Å²) in [6, 6.07) is 14.6. The monoisotopic (exact) mass is 373 g/mol. The molecule has 0 aliphatic carbocycles. The van der Waals surface area contributed by atoms with Gasteiger partial charge in [0.25, 0.3) is 0 Å². The molecule has 0 aromatic heterocycles. The van der Waals surface area contributed by atoms with E-state index in [9.17, 15) is 9.59 Å². The average molecular weight is 374 g/mol. The van der Waals surface area contributed by atoms with Crippen LogP contribution >= 0.6 is 11.6 Å². The third-order valence-corrected chi connectivity index (χ3v) is 3.97. The van der Waals surface area contributed by atoms with Gasteiger partial charge in [-0.3, -0.25) is 9.59 Å². The Morgan fingerprint density at radius 2 is 1.50 bits per heavy atom. The van der Waals surface area contributed by atoms with Gasteiger partial charge in [-0.2, -0.15) is 0 Å². The molecule has 0 aliphatic rings. The Balaban J connectivity index is 1.76. The van der Waals surface area contributed by atoms with Crippen LogP contribution in [-0.2, 0) is 16.1 Å². The van der Waals surface area contributed by atoms with Crippen molar-refractivity contribution in [3.8, 4) is 0 Å². The lowest BCUT2D eigenvalue weighted by Crippen LogP contribution is -2.27. The summed E-state index contributed by atoms with van der Waals surface area (Å²) in [7, 11) is 0. The smallest absolute Gasteiger partial charge is 0.238 e. The van der Waals surface area contributed by atoms with E-state index in [-0.39, 0.29) is 18.4 Å². The van der Waals surface area contributed by atoms with Crippen LogP contribution in [0.2, 0.25) is 5.02 Å². The molecule has 0 saturated heterocycles. The minimum absolute atomic E-state index is 0.0134. The Kier molecular flexibility index (Phi) is 7.63. The van der Waals surface area contributed by atoms with Crippen LogP contribution in [0, 0.1) is 5.92 Å². The van der Waals surface area contributed by atoms with Gasteiger partial charge in [-0.05, 0) is 41.8 Å². The number of halogens is 1. The van der Waals surface area contributed by atoms with Gasteiger partial charge in [0, 0.05) is 29.4 Å². The van der Waals surface area contributed by atoms with Crippen LogP contribution in [0.4, 0.5) is 11.4 Å². The molecule has 0 saturated carbocycles. The van der Waals surface area contributed by atoms with E-state index in [4.69, 9.17) is 11.6 Å². The van der Waals surface area contributed by atoms with Gasteiger partial charge < -0.3 is 16.0 Å². The van der Waals surface area contributed by atoms with Crippen molar-refractivity contribution in [2.24, 2.45) is 5.92 Å². The zero-order chi connectivity index (χ0) is 18.9. The summed E-state index contributed by atoms with van der Waals surface area (Å²) < 4.78 is 0. The van der Waals surface area contributed by atoms with Crippen LogP contribution in [-0.4, -0.2) is 18.4 Å². The topological polar surface area (TPSA) is 70.2 Å². The second-order valence-corrected chi connectivity index (χ2v) is 6.87. The van der Waals surface area contributed by atoms with E-state index in [2.05, 4.69) is 16.0 Å². The standard InChI is InChI=1S/C20H24ClN3O2/c1-14(2)11-19(25)23-16-7-9-17(10-8-16)24-20(26)13-22-12-15-5-3-4-6-18(15)21/h3-10,14,22H,11-13H2,1-2H3,(H,23,25)(H,24,26). The zero-order valence-electron chi connectivity index (χ0n) is 15.0. The summed E-state index contributed by atoms with van der Waals surface area (Å²) in [5.41, 5.74) is 2.34. The number of rotatable bonds is 8. The van der Waals surface area contributed by atoms with Gasteiger partial charge in [0.05, 0.1) is 6.54 Å². The van der Waals surface area contributed by atoms with Crippen LogP contribution in [0.3, 0.4) is 0 Å². The van der Waals surface area contributed by atoms with Gasteiger partial charge in [-0.25, -0.2) is 0 Å². The molecule has 0 radical (unpaired) electrons. The third kappa shape index (κ3) is 6.86. The van der Waals surface area contributed by atoms with Gasteiger partial charge in [-0.1, -0.05) is 43.6 Å². The Bertz CT molecular complexity index is 745. The number of carbonyl (C=O) groups is 2. The fraction of sp³-hybridized carbons (Fsp3) is 0.300. The molecule has 2 aromatic carbocycles. The SMILES string of the molecule is CC(C)CC(=O)Nc1ccc(NC(=O)CNCc2ccccc2Cl)cc1. The zero-order valence-corrected chi connectivity index (χ0v) is 15.8. The van der Waals surface area contributed by atoms with E-state index < -0.39 is 0 Å². The molecule has 0 heterocycles. The Morgan fingerprint density at radius 1 is 0.923 bits per heavy atom. The summed E-state index contributed by atoms with van der Waals surface area (Å²) >= 11 is 6.08. The van der Waals surface area contributed by atoms with E-state index in [1.165, 1.54) is 0 Å². The van der Waals surface area contributed by atoms with E-state index >= 15 is 0 Å². The van der Waals surface area contributed by atoms with E-state index in [1.807, 2.05) is 38.1 Å². The molecule has 3 N–H and O–H groups in total. The minimum Gasteiger partial charge on any atom is -0.326 e. The predicted octanol–water partition coefficient (Wildman–Crippen LogP) is 4.05. The Hall–Kier alpha value is -2.37.